The minimum Gasteiger partial charge on any atom is -0.0622 e. The van der Waals surface area contributed by atoms with Gasteiger partial charge in [-0.05, 0) is 144 Å². The molecule has 0 aliphatic carbocycles. The van der Waals surface area contributed by atoms with E-state index in [0.29, 0.717) is 0 Å². The highest BCUT2D eigenvalue weighted by molar-refractivity contribution is 6.29. The summed E-state index contributed by atoms with van der Waals surface area (Å²) >= 11 is 0. The van der Waals surface area contributed by atoms with E-state index in [0.717, 1.165) is 0 Å². The highest BCUT2D eigenvalue weighted by Gasteiger charge is 2.24. The highest BCUT2D eigenvalue weighted by Crippen LogP contribution is 2.52. The molecule has 0 N–H and O–H groups in total. The summed E-state index contributed by atoms with van der Waals surface area (Å²) in [6.45, 7) is 0. The van der Waals surface area contributed by atoms with Crippen LogP contribution in [0.4, 0.5) is 0 Å². The van der Waals surface area contributed by atoms with E-state index in [1.807, 2.05) is 0 Å². The monoisotopic (exact) mass is 732 g/mol. The molecule has 0 heteroatoms. The van der Waals surface area contributed by atoms with Gasteiger partial charge in [0.15, 0.2) is 0 Å². The van der Waals surface area contributed by atoms with Crippen molar-refractivity contribution in [3.05, 3.63) is 218 Å². The third kappa shape index (κ3) is 4.95. The maximum Gasteiger partial charge on any atom is -0.000786 e. The summed E-state index contributed by atoms with van der Waals surface area (Å²) in [6.07, 6.45) is 0. The summed E-state index contributed by atoms with van der Waals surface area (Å²) in [5, 5.41) is 17.7. The van der Waals surface area contributed by atoms with Crippen LogP contribution in [0.15, 0.2) is 218 Å². The maximum absolute atomic E-state index is 2.45. The molecule has 0 spiro atoms. The quantitative estimate of drug-likeness (QED) is 0.125. The second kappa shape index (κ2) is 13.0. The molecule has 0 fully saturated rings. The van der Waals surface area contributed by atoms with Crippen molar-refractivity contribution in [2.24, 2.45) is 0 Å². The van der Waals surface area contributed by atoms with Gasteiger partial charge in [0.1, 0.15) is 0 Å². The SMILES string of the molecule is c1ccc(-c2cc3cc4ccccc4cc3c(-c3ccccc3)c2-c2c3ccccc3c(-c3ccc4c5ccccc5c5ccccc5c4c3)c3ccccc23)cc1. The molecule has 0 aromatic heterocycles. The molecule has 0 unspecified atom stereocenters. The zero-order valence-electron chi connectivity index (χ0n) is 31.8. The normalized spacial score (nSPS) is 11.8. The molecule has 12 aromatic carbocycles. The lowest BCUT2D eigenvalue weighted by Gasteiger charge is -2.24. The van der Waals surface area contributed by atoms with Gasteiger partial charge in [-0.15, -0.1) is 0 Å². The van der Waals surface area contributed by atoms with Crippen LogP contribution in [0.25, 0.3) is 120 Å². The number of hydrogen-bond acceptors (Lipinski definition) is 0. The Morgan fingerprint density at radius 3 is 1.17 bits per heavy atom. The highest BCUT2D eigenvalue weighted by atomic mass is 14.3. The standard InChI is InChI=1S/C58H36/c1-3-17-37(18-4-1)52-36-42-33-39-21-7-8-22-40(39)34-53(42)56(38-19-5-2-6-20-38)58(52)57-50-29-15-13-27-48(50)55(49-28-14-16-30-51(49)57)41-31-32-47-45-25-10-9-23-43(45)44-24-11-12-26-46(44)54(47)35-41/h1-36H. The number of rotatable bonds is 4. The van der Waals surface area contributed by atoms with Crippen molar-refractivity contribution in [2.75, 3.05) is 0 Å². The first kappa shape index (κ1) is 32.7. The summed E-state index contributed by atoms with van der Waals surface area (Å²) in [5.74, 6) is 0. The second-order valence-corrected chi connectivity index (χ2v) is 15.5. The van der Waals surface area contributed by atoms with Crippen molar-refractivity contribution in [3.8, 4) is 44.5 Å². The Hall–Kier alpha value is -7.54. The third-order valence-corrected chi connectivity index (χ3v) is 12.4. The van der Waals surface area contributed by atoms with Crippen molar-refractivity contribution in [1.29, 1.82) is 0 Å². The molecule has 268 valence electrons. The molecule has 0 radical (unpaired) electrons. The van der Waals surface area contributed by atoms with E-state index in [9.17, 15) is 0 Å². The van der Waals surface area contributed by atoms with Crippen molar-refractivity contribution >= 4 is 75.4 Å². The third-order valence-electron chi connectivity index (χ3n) is 12.4. The molecule has 0 saturated heterocycles. The van der Waals surface area contributed by atoms with Gasteiger partial charge < -0.3 is 0 Å². The van der Waals surface area contributed by atoms with Crippen molar-refractivity contribution < 1.29 is 0 Å². The van der Waals surface area contributed by atoms with Gasteiger partial charge in [0, 0.05) is 0 Å². The number of benzene rings is 12. The Labute approximate surface area is 336 Å². The first-order valence-corrected chi connectivity index (χ1v) is 20.2. The number of hydrogen-bond donors (Lipinski definition) is 0. The molecule has 0 amide bonds. The fourth-order valence-electron chi connectivity index (χ4n) is 9.87. The lowest BCUT2D eigenvalue weighted by Crippen LogP contribution is -1.97. The Balaban J connectivity index is 1.25. The molecular weight excluding hydrogens is 697 g/mol. The zero-order valence-corrected chi connectivity index (χ0v) is 31.8. The lowest BCUT2D eigenvalue weighted by atomic mass is 9.79. The first-order valence-electron chi connectivity index (χ1n) is 20.2. The fourth-order valence-corrected chi connectivity index (χ4v) is 9.87. The predicted octanol–water partition coefficient (Wildman–Crippen LogP) is 16.4. The molecule has 0 saturated carbocycles. The van der Waals surface area contributed by atoms with Gasteiger partial charge >= 0.3 is 0 Å². The Bertz CT molecular complexity index is 3500. The van der Waals surface area contributed by atoms with Crippen LogP contribution in [0.3, 0.4) is 0 Å². The molecule has 12 rings (SSSR count). The molecule has 0 aliphatic heterocycles. The summed E-state index contributed by atoms with van der Waals surface area (Å²) in [7, 11) is 0. The molecule has 0 atom stereocenters. The summed E-state index contributed by atoms with van der Waals surface area (Å²) in [4.78, 5) is 0. The van der Waals surface area contributed by atoms with E-state index >= 15 is 0 Å². The number of fused-ring (bicyclic) bond motifs is 10. The van der Waals surface area contributed by atoms with Crippen LogP contribution in [-0.4, -0.2) is 0 Å². The Morgan fingerprint density at radius 1 is 0.172 bits per heavy atom. The van der Waals surface area contributed by atoms with Crippen molar-refractivity contribution in [2.45, 2.75) is 0 Å². The second-order valence-electron chi connectivity index (χ2n) is 15.5. The lowest BCUT2D eigenvalue weighted by molar-refractivity contribution is 1.61. The van der Waals surface area contributed by atoms with Crippen LogP contribution in [-0.2, 0) is 0 Å². The minimum atomic E-state index is 1.20. The van der Waals surface area contributed by atoms with Crippen LogP contribution in [0.1, 0.15) is 0 Å². The van der Waals surface area contributed by atoms with E-state index in [1.165, 1.54) is 120 Å². The average molecular weight is 733 g/mol. The van der Waals surface area contributed by atoms with Gasteiger partial charge in [-0.3, -0.25) is 0 Å². The molecule has 0 heterocycles. The van der Waals surface area contributed by atoms with Crippen molar-refractivity contribution in [3.63, 3.8) is 0 Å². The van der Waals surface area contributed by atoms with Gasteiger partial charge in [0.2, 0.25) is 0 Å². The van der Waals surface area contributed by atoms with E-state index in [4.69, 9.17) is 0 Å². The first-order chi connectivity index (χ1) is 28.8. The van der Waals surface area contributed by atoms with Gasteiger partial charge in [-0.1, -0.05) is 194 Å². The molecule has 12 aromatic rings. The molecule has 0 nitrogen and oxygen atoms in total. The van der Waals surface area contributed by atoms with E-state index in [1.54, 1.807) is 0 Å². The van der Waals surface area contributed by atoms with Crippen molar-refractivity contribution in [1.82, 2.24) is 0 Å². The zero-order chi connectivity index (χ0) is 38.2. The summed E-state index contributed by atoms with van der Waals surface area (Å²) in [6, 6.07) is 81.1. The predicted molar refractivity (Wildman–Crippen MR) is 251 cm³/mol. The largest absolute Gasteiger partial charge is 0.0622 e. The Kier molecular flexibility index (Phi) is 7.33. The summed E-state index contributed by atoms with van der Waals surface area (Å²) < 4.78 is 0. The van der Waals surface area contributed by atoms with Crippen LogP contribution in [0, 0.1) is 0 Å². The van der Waals surface area contributed by atoms with Crippen LogP contribution < -0.4 is 0 Å². The minimum absolute atomic E-state index is 1.20. The van der Waals surface area contributed by atoms with Gasteiger partial charge in [-0.2, -0.15) is 0 Å². The fraction of sp³-hybridized carbons (Fsp3) is 0. The van der Waals surface area contributed by atoms with E-state index < -0.39 is 0 Å². The van der Waals surface area contributed by atoms with Gasteiger partial charge in [-0.25, -0.2) is 0 Å². The smallest absolute Gasteiger partial charge is 0.000786 e. The van der Waals surface area contributed by atoms with Crippen LogP contribution >= 0.6 is 0 Å². The van der Waals surface area contributed by atoms with E-state index in [-0.39, 0.29) is 0 Å². The molecular formula is C58H36. The molecule has 0 bridgehead atoms. The maximum atomic E-state index is 2.45. The molecule has 0 aliphatic rings. The van der Waals surface area contributed by atoms with Gasteiger partial charge in [0.25, 0.3) is 0 Å². The average Bonchev–Trinajstić information content (AvgIpc) is 3.30. The van der Waals surface area contributed by atoms with E-state index in [2.05, 4.69) is 218 Å². The van der Waals surface area contributed by atoms with Crippen LogP contribution in [0.2, 0.25) is 0 Å². The Morgan fingerprint density at radius 2 is 0.603 bits per heavy atom. The molecule has 58 heavy (non-hydrogen) atoms. The van der Waals surface area contributed by atoms with Gasteiger partial charge in [0.05, 0.1) is 0 Å². The van der Waals surface area contributed by atoms with Crippen LogP contribution in [0.5, 0.6) is 0 Å². The topological polar surface area (TPSA) is 0 Å². The summed E-state index contributed by atoms with van der Waals surface area (Å²) in [5.41, 5.74) is 9.92.